The van der Waals surface area contributed by atoms with Crippen LogP contribution in [-0.2, 0) is 9.47 Å². The number of ether oxygens (including phenoxy) is 2. The van der Waals surface area contributed by atoms with Gasteiger partial charge in [0, 0.05) is 12.2 Å². The van der Waals surface area contributed by atoms with Gasteiger partial charge in [-0.05, 0) is 45.0 Å². The Kier molecular flexibility index (Phi) is 9.53. The molecule has 1 rings (SSSR count). The van der Waals surface area contributed by atoms with Crippen LogP contribution >= 0.6 is 0 Å². The minimum atomic E-state index is -1.40. The summed E-state index contributed by atoms with van der Waals surface area (Å²) >= 11 is 0. The van der Waals surface area contributed by atoms with Crippen molar-refractivity contribution in [1.82, 2.24) is 0 Å². The van der Waals surface area contributed by atoms with Crippen molar-refractivity contribution >= 4 is 11.7 Å². The van der Waals surface area contributed by atoms with Gasteiger partial charge >= 0.3 is 5.97 Å². The first-order valence-electron chi connectivity index (χ1n) is 8.61. The Morgan fingerprint density at radius 3 is 2.23 bits per heavy atom. The van der Waals surface area contributed by atoms with E-state index in [9.17, 15) is 20.1 Å². The van der Waals surface area contributed by atoms with E-state index < -0.39 is 37.0 Å². The van der Waals surface area contributed by atoms with Crippen molar-refractivity contribution in [3.8, 4) is 0 Å². The fourth-order valence-corrected chi connectivity index (χ4v) is 2.32. The summed E-state index contributed by atoms with van der Waals surface area (Å²) in [5, 5.41) is 42.2. The van der Waals surface area contributed by atoms with Crippen molar-refractivity contribution in [2.75, 3.05) is 25.1 Å². The largest absolute Gasteiger partial charge is 0.462 e. The molecule has 0 fully saturated rings. The van der Waals surface area contributed by atoms with E-state index >= 15 is 0 Å². The second kappa shape index (κ2) is 11.1. The van der Waals surface area contributed by atoms with Gasteiger partial charge in [0.2, 0.25) is 0 Å². The summed E-state index contributed by atoms with van der Waals surface area (Å²) in [6, 6.07) is 6.47. The molecule has 1 aromatic rings. The van der Waals surface area contributed by atoms with E-state index in [1.807, 2.05) is 0 Å². The van der Waals surface area contributed by atoms with Gasteiger partial charge in [-0.1, -0.05) is 0 Å². The maximum atomic E-state index is 11.6. The number of carbonyl (C=O) groups excluding carboxylic acids is 1. The first-order valence-corrected chi connectivity index (χ1v) is 8.61. The molecule has 0 aromatic heterocycles. The molecule has 0 saturated carbocycles. The Hall–Kier alpha value is -1.71. The number of aliphatic hydroxyl groups excluding tert-OH is 4. The molecule has 8 nitrogen and oxygen atoms in total. The third-order valence-corrected chi connectivity index (χ3v) is 3.64. The van der Waals surface area contributed by atoms with Crippen molar-refractivity contribution in [3.63, 3.8) is 0 Å². The summed E-state index contributed by atoms with van der Waals surface area (Å²) in [5.74, 6) is -0.416. The fraction of sp³-hybridized carbons (Fsp3) is 0.611. The molecule has 148 valence electrons. The first-order chi connectivity index (χ1) is 12.3. The Balaban J connectivity index is 2.63. The molecule has 0 radical (unpaired) electrons. The molecule has 5 N–H and O–H groups in total. The number of carbonyl (C=O) groups is 1. The molecule has 26 heavy (non-hydrogen) atoms. The first kappa shape index (κ1) is 22.3. The van der Waals surface area contributed by atoms with Gasteiger partial charge in [-0.2, -0.15) is 0 Å². The van der Waals surface area contributed by atoms with E-state index in [-0.39, 0.29) is 12.6 Å². The lowest BCUT2D eigenvalue weighted by molar-refractivity contribution is -0.154. The highest BCUT2D eigenvalue weighted by Gasteiger charge is 2.33. The SMILES string of the molecule is CCOC(=O)c1ccc(NCC(O)C(O)C(OC(C)C)C(O)CO)cc1. The van der Waals surface area contributed by atoms with E-state index in [1.54, 1.807) is 45.0 Å². The lowest BCUT2D eigenvalue weighted by Crippen LogP contribution is -2.50. The predicted octanol–water partition coefficient (Wildman–Crippen LogP) is 0.144. The zero-order valence-electron chi connectivity index (χ0n) is 15.3. The van der Waals surface area contributed by atoms with Crippen LogP contribution in [0.25, 0.3) is 0 Å². The summed E-state index contributed by atoms with van der Waals surface area (Å²) < 4.78 is 10.3. The normalized spacial score (nSPS) is 16.0. The Labute approximate surface area is 153 Å². The van der Waals surface area contributed by atoms with Crippen molar-refractivity contribution < 1.29 is 34.7 Å². The molecular weight excluding hydrogens is 342 g/mol. The molecular formula is C18H29NO7. The van der Waals surface area contributed by atoms with Crippen molar-refractivity contribution in [2.45, 2.75) is 51.3 Å². The molecule has 4 atom stereocenters. The smallest absolute Gasteiger partial charge is 0.338 e. The molecule has 4 unspecified atom stereocenters. The predicted molar refractivity (Wildman–Crippen MR) is 96.0 cm³/mol. The Bertz CT molecular complexity index is 535. The number of benzene rings is 1. The molecule has 0 saturated heterocycles. The van der Waals surface area contributed by atoms with Crippen LogP contribution in [0.4, 0.5) is 5.69 Å². The molecule has 0 aliphatic carbocycles. The van der Waals surface area contributed by atoms with Gasteiger partial charge in [0.05, 0.1) is 31.0 Å². The van der Waals surface area contributed by atoms with Gasteiger partial charge in [-0.15, -0.1) is 0 Å². The number of rotatable bonds is 11. The third kappa shape index (κ3) is 6.89. The molecule has 0 aliphatic rings. The van der Waals surface area contributed by atoms with E-state index in [4.69, 9.17) is 14.6 Å². The highest BCUT2D eigenvalue weighted by atomic mass is 16.5. The molecule has 0 aliphatic heterocycles. The molecule has 8 heteroatoms. The molecule has 0 spiro atoms. The molecule has 0 amide bonds. The van der Waals surface area contributed by atoms with Gasteiger partial charge in [0.1, 0.15) is 18.3 Å². The van der Waals surface area contributed by atoms with Crippen molar-refractivity contribution in [2.24, 2.45) is 0 Å². The summed E-state index contributed by atoms with van der Waals surface area (Å²) in [6.45, 7) is 4.85. The standard InChI is InChI=1S/C18H29NO7/c1-4-25-18(24)12-5-7-13(8-6-12)19-9-14(21)16(23)17(15(22)10-20)26-11(2)3/h5-8,11,14-17,19-23H,4,9-10H2,1-3H3. The van der Waals surface area contributed by atoms with Gasteiger partial charge in [0.25, 0.3) is 0 Å². The van der Waals surface area contributed by atoms with Crippen LogP contribution < -0.4 is 5.32 Å². The van der Waals surface area contributed by atoms with E-state index in [1.165, 1.54) is 0 Å². The maximum absolute atomic E-state index is 11.6. The van der Waals surface area contributed by atoms with Crippen LogP contribution in [0.2, 0.25) is 0 Å². The van der Waals surface area contributed by atoms with Crippen LogP contribution in [-0.4, -0.2) is 76.7 Å². The summed E-state index contributed by atoms with van der Waals surface area (Å²) in [4.78, 5) is 11.6. The second-order valence-electron chi connectivity index (χ2n) is 6.14. The Morgan fingerprint density at radius 1 is 1.12 bits per heavy atom. The highest BCUT2D eigenvalue weighted by molar-refractivity contribution is 5.89. The highest BCUT2D eigenvalue weighted by Crippen LogP contribution is 2.14. The van der Waals surface area contributed by atoms with E-state index in [2.05, 4.69) is 5.32 Å². The molecule has 1 aromatic carbocycles. The number of hydrogen-bond donors (Lipinski definition) is 5. The monoisotopic (exact) mass is 371 g/mol. The lowest BCUT2D eigenvalue weighted by atomic mass is 10.0. The minimum absolute atomic E-state index is 0.0178. The minimum Gasteiger partial charge on any atom is -0.462 e. The zero-order valence-corrected chi connectivity index (χ0v) is 15.3. The van der Waals surface area contributed by atoms with E-state index in [0.717, 1.165) is 0 Å². The summed E-state index contributed by atoms with van der Waals surface area (Å²) in [6.07, 6.45) is -5.38. The Morgan fingerprint density at radius 2 is 1.73 bits per heavy atom. The second-order valence-corrected chi connectivity index (χ2v) is 6.14. The number of hydrogen-bond acceptors (Lipinski definition) is 8. The van der Waals surface area contributed by atoms with Gasteiger partial charge < -0.3 is 35.2 Å². The van der Waals surface area contributed by atoms with Crippen LogP contribution in [0.15, 0.2) is 24.3 Å². The number of nitrogens with one attached hydrogen (secondary N) is 1. The molecule has 0 bridgehead atoms. The number of aliphatic hydroxyl groups is 4. The topological polar surface area (TPSA) is 128 Å². The average molecular weight is 371 g/mol. The third-order valence-electron chi connectivity index (χ3n) is 3.64. The number of esters is 1. The maximum Gasteiger partial charge on any atom is 0.338 e. The lowest BCUT2D eigenvalue weighted by Gasteiger charge is -2.31. The fourth-order valence-electron chi connectivity index (χ4n) is 2.32. The number of anilines is 1. The van der Waals surface area contributed by atoms with Crippen molar-refractivity contribution in [3.05, 3.63) is 29.8 Å². The van der Waals surface area contributed by atoms with Crippen LogP contribution in [0.5, 0.6) is 0 Å². The summed E-state index contributed by atoms with van der Waals surface area (Å²) in [5.41, 5.74) is 1.04. The van der Waals surface area contributed by atoms with Gasteiger partial charge in [-0.25, -0.2) is 4.79 Å². The van der Waals surface area contributed by atoms with Crippen LogP contribution in [0.3, 0.4) is 0 Å². The van der Waals surface area contributed by atoms with E-state index in [0.29, 0.717) is 17.9 Å². The van der Waals surface area contributed by atoms with Crippen molar-refractivity contribution in [1.29, 1.82) is 0 Å². The van der Waals surface area contributed by atoms with Crippen LogP contribution in [0, 0.1) is 0 Å². The van der Waals surface area contributed by atoms with Crippen LogP contribution in [0.1, 0.15) is 31.1 Å². The summed E-state index contributed by atoms with van der Waals surface area (Å²) in [7, 11) is 0. The zero-order chi connectivity index (χ0) is 19.7. The molecule has 0 heterocycles. The van der Waals surface area contributed by atoms with Gasteiger partial charge in [0.15, 0.2) is 0 Å². The van der Waals surface area contributed by atoms with Gasteiger partial charge in [-0.3, -0.25) is 0 Å². The quantitative estimate of drug-likeness (QED) is 0.348. The average Bonchev–Trinajstić information content (AvgIpc) is 2.63.